The minimum Gasteiger partial charge on any atom is -0.375 e. The molecule has 1 saturated carbocycles. The third-order valence-corrected chi connectivity index (χ3v) is 8.97. The van der Waals surface area contributed by atoms with Crippen LogP contribution in [0.2, 0.25) is 0 Å². The zero-order valence-corrected chi connectivity index (χ0v) is 17.8. The Morgan fingerprint density at radius 3 is 2.70 bits per heavy atom. The summed E-state index contributed by atoms with van der Waals surface area (Å²) in [5.41, 5.74) is -0.439. The van der Waals surface area contributed by atoms with Crippen molar-refractivity contribution in [3.63, 3.8) is 0 Å². The Morgan fingerprint density at radius 1 is 1.30 bits per heavy atom. The highest BCUT2D eigenvalue weighted by Gasteiger charge is 2.54. The summed E-state index contributed by atoms with van der Waals surface area (Å²) in [6.45, 7) is 0.540. The fourth-order valence-corrected chi connectivity index (χ4v) is 7.04. The molecule has 1 spiro atoms. The lowest BCUT2D eigenvalue weighted by atomic mass is 9.85. The van der Waals surface area contributed by atoms with Crippen molar-refractivity contribution in [3.05, 3.63) is 22.3 Å². The summed E-state index contributed by atoms with van der Waals surface area (Å²) < 4.78 is 23.0. The van der Waals surface area contributed by atoms with Crippen LogP contribution in [0.1, 0.15) is 51.4 Å². The highest BCUT2D eigenvalue weighted by molar-refractivity contribution is 7.93. The molecule has 2 aliphatic carbocycles. The van der Waals surface area contributed by atoms with Gasteiger partial charge in [0.2, 0.25) is 11.9 Å². The van der Waals surface area contributed by atoms with Crippen molar-refractivity contribution in [2.75, 3.05) is 18.1 Å². The Bertz CT molecular complexity index is 864. The lowest BCUT2D eigenvalue weighted by molar-refractivity contribution is -0.497. The Kier molecular flexibility index (Phi) is 5.98. The van der Waals surface area contributed by atoms with E-state index >= 15 is 0 Å². The minimum atomic E-state index is -2.70. The largest absolute Gasteiger partial charge is 0.375 e. The molecule has 4 atom stereocenters. The molecule has 0 radical (unpaired) electrons. The van der Waals surface area contributed by atoms with Gasteiger partial charge < -0.3 is 10.1 Å². The summed E-state index contributed by atoms with van der Waals surface area (Å²) in [4.78, 5) is 34.8. The standard InChI is InChI=1S/C20H29N3O6S/c24-18(11-14-3-1-2-4-14)21-15-5-8-29-20(13-15)6-9-30(28,10-7-20)22-19(25)16-12-17(16)23(26)27/h1,3,14-17H,2,4-13H2,(H,21,24)/t14?,15?,16-,17-,20?,30?/m1/s1. The normalized spacial score (nSPS) is 40.1. The van der Waals surface area contributed by atoms with E-state index in [0.717, 1.165) is 19.3 Å². The van der Waals surface area contributed by atoms with Crippen molar-refractivity contribution in [2.24, 2.45) is 16.2 Å². The van der Waals surface area contributed by atoms with Crippen LogP contribution in [-0.4, -0.2) is 56.7 Å². The van der Waals surface area contributed by atoms with E-state index in [0.29, 0.717) is 38.2 Å². The van der Waals surface area contributed by atoms with E-state index in [9.17, 15) is 23.9 Å². The van der Waals surface area contributed by atoms with Gasteiger partial charge in [0.1, 0.15) is 5.92 Å². The number of allylic oxidation sites excluding steroid dienone is 2. The molecule has 10 heteroatoms. The third kappa shape index (κ3) is 4.91. The van der Waals surface area contributed by atoms with Gasteiger partial charge in [0.15, 0.2) is 0 Å². The van der Waals surface area contributed by atoms with Crippen molar-refractivity contribution in [3.8, 4) is 0 Å². The molecule has 2 amide bonds. The molecular formula is C20H29N3O6S. The first kappa shape index (κ1) is 21.4. The van der Waals surface area contributed by atoms with Gasteiger partial charge in [-0.25, -0.2) is 4.21 Å². The van der Waals surface area contributed by atoms with E-state index in [1.807, 2.05) is 0 Å². The molecule has 1 N–H and O–H groups in total. The van der Waals surface area contributed by atoms with E-state index in [-0.39, 0.29) is 29.9 Å². The minimum absolute atomic E-state index is 0.0386. The van der Waals surface area contributed by atoms with Crippen LogP contribution in [-0.2, 0) is 24.1 Å². The van der Waals surface area contributed by atoms with Crippen LogP contribution < -0.4 is 5.32 Å². The Balaban J connectivity index is 1.30. The van der Waals surface area contributed by atoms with Crippen molar-refractivity contribution in [1.82, 2.24) is 5.32 Å². The molecule has 2 aliphatic heterocycles. The van der Waals surface area contributed by atoms with Crippen LogP contribution in [0, 0.1) is 22.0 Å². The number of amides is 2. The number of nitrogens with one attached hydrogen (secondary N) is 1. The van der Waals surface area contributed by atoms with E-state index in [1.165, 1.54) is 0 Å². The summed E-state index contributed by atoms with van der Waals surface area (Å²) in [6.07, 6.45) is 9.49. The van der Waals surface area contributed by atoms with Crippen molar-refractivity contribution in [2.45, 2.75) is 69.1 Å². The fraction of sp³-hybridized carbons (Fsp3) is 0.800. The summed E-state index contributed by atoms with van der Waals surface area (Å²) >= 11 is 0. The van der Waals surface area contributed by atoms with Gasteiger partial charge in [-0.1, -0.05) is 12.2 Å². The summed E-state index contributed by atoms with van der Waals surface area (Å²) in [6, 6.07) is -0.832. The maximum Gasteiger partial charge on any atom is 0.264 e. The summed E-state index contributed by atoms with van der Waals surface area (Å²) in [5, 5.41) is 13.9. The second-order valence-electron chi connectivity index (χ2n) is 9.06. The van der Waals surface area contributed by atoms with Crippen LogP contribution in [0.3, 0.4) is 0 Å². The van der Waals surface area contributed by atoms with Crippen LogP contribution in [0.25, 0.3) is 0 Å². The van der Waals surface area contributed by atoms with E-state index in [2.05, 4.69) is 21.8 Å². The maximum atomic E-state index is 13.0. The van der Waals surface area contributed by atoms with Crippen LogP contribution in [0.4, 0.5) is 0 Å². The number of hydrogen-bond acceptors (Lipinski definition) is 6. The zero-order chi connectivity index (χ0) is 21.4. The van der Waals surface area contributed by atoms with E-state index in [1.54, 1.807) is 0 Å². The number of rotatable bonds is 5. The Hall–Kier alpha value is -1.81. The average Bonchev–Trinajstić information content (AvgIpc) is 3.36. The lowest BCUT2D eigenvalue weighted by Crippen LogP contribution is -2.52. The van der Waals surface area contributed by atoms with Gasteiger partial charge >= 0.3 is 0 Å². The first-order chi connectivity index (χ1) is 14.3. The Morgan fingerprint density at radius 2 is 2.07 bits per heavy atom. The molecule has 0 aromatic carbocycles. The van der Waals surface area contributed by atoms with Gasteiger partial charge in [-0.3, -0.25) is 19.7 Å². The number of ether oxygens (including phenoxy) is 1. The van der Waals surface area contributed by atoms with Gasteiger partial charge in [0.05, 0.1) is 15.3 Å². The smallest absolute Gasteiger partial charge is 0.264 e. The molecule has 9 nitrogen and oxygen atoms in total. The fourth-order valence-electron chi connectivity index (χ4n) is 4.81. The molecular weight excluding hydrogens is 410 g/mol. The molecule has 0 bridgehead atoms. The van der Waals surface area contributed by atoms with Gasteiger partial charge in [-0.2, -0.15) is 4.36 Å². The van der Waals surface area contributed by atoms with Crippen molar-refractivity contribution in [1.29, 1.82) is 0 Å². The quantitative estimate of drug-likeness (QED) is 0.395. The number of carbonyl (C=O) groups is 2. The first-order valence-electron chi connectivity index (χ1n) is 10.8. The molecule has 4 rings (SSSR count). The monoisotopic (exact) mass is 439 g/mol. The topological polar surface area (TPSA) is 128 Å². The third-order valence-electron chi connectivity index (χ3n) is 6.77. The first-order valence-corrected chi connectivity index (χ1v) is 12.6. The second kappa shape index (κ2) is 8.37. The molecule has 30 heavy (non-hydrogen) atoms. The molecule has 166 valence electrons. The van der Waals surface area contributed by atoms with Crippen molar-refractivity contribution >= 4 is 21.5 Å². The lowest BCUT2D eigenvalue weighted by Gasteiger charge is -2.44. The van der Waals surface area contributed by atoms with Crippen LogP contribution in [0.5, 0.6) is 0 Å². The average molecular weight is 440 g/mol. The van der Waals surface area contributed by atoms with Gasteiger partial charge in [0, 0.05) is 41.9 Å². The van der Waals surface area contributed by atoms with Crippen LogP contribution in [0.15, 0.2) is 16.5 Å². The van der Waals surface area contributed by atoms with Crippen molar-refractivity contribution < 1.29 is 23.5 Å². The number of nitro groups is 1. The van der Waals surface area contributed by atoms with Crippen LogP contribution >= 0.6 is 0 Å². The number of nitrogens with zero attached hydrogens (tertiary/aromatic N) is 2. The number of carbonyl (C=O) groups excluding carboxylic acids is 2. The maximum absolute atomic E-state index is 13.0. The van der Waals surface area contributed by atoms with Gasteiger partial charge in [-0.05, 0) is 44.4 Å². The molecule has 0 aromatic rings. The molecule has 4 aliphatic rings. The highest BCUT2D eigenvalue weighted by Crippen LogP contribution is 2.38. The van der Waals surface area contributed by atoms with Gasteiger partial charge in [0.25, 0.3) is 5.91 Å². The molecule has 2 heterocycles. The highest BCUT2D eigenvalue weighted by atomic mass is 32.2. The predicted octanol–water partition coefficient (Wildman–Crippen LogP) is 1.83. The summed E-state index contributed by atoms with van der Waals surface area (Å²) in [7, 11) is -2.70. The van der Waals surface area contributed by atoms with Gasteiger partial charge in [-0.15, -0.1) is 0 Å². The molecule has 0 aromatic heterocycles. The molecule has 2 saturated heterocycles. The summed E-state index contributed by atoms with van der Waals surface area (Å²) in [5.74, 6) is -0.399. The van der Waals surface area contributed by atoms with E-state index in [4.69, 9.17) is 4.74 Å². The van der Waals surface area contributed by atoms with E-state index < -0.39 is 38.1 Å². The SMILES string of the molecule is O=C(CC1C=CCC1)NC1CCOC2(CCS(=O)(=NC(=O)[C@@H]3C[C@H]3[N+](=O)[O-])CC2)C1. The number of hydrogen-bond donors (Lipinski definition) is 1. The molecule has 3 fully saturated rings. The predicted molar refractivity (Wildman–Crippen MR) is 110 cm³/mol. The second-order valence-corrected chi connectivity index (χ2v) is 11.6. The zero-order valence-electron chi connectivity index (χ0n) is 17.0. The molecule has 2 unspecified atom stereocenters. The Labute approximate surface area is 176 Å².